The van der Waals surface area contributed by atoms with E-state index >= 15 is 0 Å². The highest BCUT2D eigenvalue weighted by molar-refractivity contribution is 5.81. The number of hydrogen-bond donors (Lipinski definition) is 0. The number of hydrogen-bond acceptors (Lipinski definition) is 1. The summed E-state index contributed by atoms with van der Waals surface area (Å²) < 4.78 is 0. The lowest BCUT2D eigenvalue weighted by molar-refractivity contribution is -0.120. The van der Waals surface area contributed by atoms with Crippen molar-refractivity contribution < 1.29 is 4.79 Å². The Morgan fingerprint density at radius 1 is 1.14 bits per heavy atom. The lowest BCUT2D eigenvalue weighted by Gasteiger charge is -2.16. The van der Waals surface area contributed by atoms with Gasteiger partial charge in [0.1, 0.15) is 5.78 Å². The summed E-state index contributed by atoms with van der Waals surface area (Å²) in [6.07, 6.45) is 1.22. The molecule has 0 heterocycles. The summed E-state index contributed by atoms with van der Waals surface area (Å²) in [4.78, 5) is 11.6. The average molecular weight is 190 g/mol. The van der Waals surface area contributed by atoms with Crippen molar-refractivity contribution in [3.8, 4) is 0 Å². The second-order valence-corrected chi connectivity index (χ2v) is 4.94. The van der Waals surface area contributed by atoms with Crippen molar-refractivity contribution >= 4 is 5.78 Å². The van der Waals surface area contributed by atoms with Crippen LogP contribution >= 0.6 is 0 Å². The van der Waals surface area contributed by atoms with Gasteiger partial charge in [0.05, 0.1) is 0 Å². The summed E-state index contributed by atoms with van der Waals surface area (Å²) in [6, 6.07) is 9.91. The van der Waals surface area contributed by atoms with Gasteiger partial charge in [-0.25, -0.2) is 0 Å². The summed E-state index contributed by atoms with van der Waals surface area (Å²) in [5.74, 6) is 0.323. The first kappa shape index (κ1) is 11.0. The molecular weight excluding hydrogens is 172 g/mol. The van der Waals surface area contributed by atoms with E-state index in [0.717, 1.165) is 5.56 Å². The third-order valence-corrected chi connectivity index (χ3v) is 1.97. The number of carbonyl (C=O) groups excluding carboxylic acids is 1. The lowest BCUT2D eigenvalue weighted by atomic mass is 9.88. The highest BCUT2D eigenvalue weighted by atomic mass is 16.1. The van der Waals surface area contributed by atoms with Crippen molar-refractivity contribution in [1.29, 1.82) is 0 Å². The van der Waals surface area contributed by atoms with Crippen molar-refractivity contribution in [3.63, 3.8) is 0 Å². The number of Topliss-reactive ketones (excluding diaryl/α,β-unsaturated/α-hetero) is 1. The van der Waals surface area contributed by atoms with Crippen LogP contribution in [0.3, 0.4) is 0 Å². The van der Waals surface area contributed by atoms with Gasteiger partial charge in [-0.05, 0) is 11.0 Å². The molecule has 0 spiro atoms. The van der Waals surface area contributed by atoms with Gasteiger partial charge in [-0.3, -0.25) is 4.79 Å². The molecule has 0 aliphatic heterocycles. The van der Waals surface area contributed by atoms with Crippen molar-refractivity contribution in [2.24, 2.45) is 5.41 Å². The van der Waals surface area contributed by atoms with Crippen LogP contribution in [-0.4, -0.2) is 5.78 Å². The average Bonchev–Trinajstić information content (AvgIpc) is 2.02. The Morgan fingerprint density at radius 3 is 2.21 bits per heavy atom. The number of rotatable bonds is 3. The largest absolute Gasteiger partial charge is 0.299 e. The molecule has 0 N–H and O–H groups in total. The molecule has 0 saturated heterocycles. The molecule has 0 aliphatic rings. The van der Waals surface area contributed by atoms with Crippen LogP contribution < -0.4 is 0 Å². The van der Waals surface area contributed by atoms with Crippen LogP contribution in [0.15, 0.2) is 30.3 Å². The highest BCUT2D eigenvalue weighted by Crippen LogP contribution is 2.19. The Hall–Kier alpha value is -1.11. The van der Waals surface area contributed by atoms with Crippen molar-refractivity contribution in [2.75, 3.05) is 0 Å². The molecular formula is C13H18O. The number of ketones is 1. The molecule has 0 saturated carbocycles. The van der Waals surface area contributed by atoms with Gasteiger partial charge in [0.15, 0.2) is 0 Å². The molecule has 1 nitrogen and oxygen atoms in total. The zero-order valence-electron chi connectivity index (χ0n) is 9.21. The van der Waals surface area contributed by atoms with Crippen LogP contribution in [0, 0.1) is 5.41 Å². The fraction of sp³-hybridized carbons (Fsp3) is 0.462. The minimum absolute atomic E-state index is 0.103. The van der Waals surface area contributed by atoms with Gasteiger partial charge >= 0.3 is 0 Å². The SMILES string of the molecule is CC(C)(C)CC(=O)Cc1ccccc1. The normalized spacial score (nSPS) is 11.4. The first-order valence-electron chi connectivity index (χ1n) is 5.03. The minimum Gasteiger partial charge on any atom is -0.299 e. The molecule has 0 radical (unpaired) electrons. The first-order chi connectivity index (χ1) is 6.47. The van der Waals surface area contributed by atoms with Crippen molar-refractivity contribution in [3.05, 3.63) is 35.9 Å². The maximum atomic E-state index is 11.6. The van der Waals surface area contributed by atoms with E-state index in [2.05, 4.69) is 20.8 Å². The van der Waals surface area contributed by atoms with E-state index in [1.165, 1.54) is 0 Å². The van der Waals surface area contributed by atoms with E-state index in [1.807, 2.05) is 30.3 Å². The molecule has 1 aromatic carbocycles. The third-order valence-electron chi connectivity index (χ3n) is 1.97. The minimum atomic E-state index is 0.103. The van der Waals surface area contributed by atoms with Gasteiger partial charge in [-0.1, -0.05) is 51.1 Å². The predicted molar refractivity (Wildman–Crippen MR) is 59.2 cm³/mol. The Kier molecular flexibility index (Phi) is 3.45. The molecule has 0 atom stereocenters. The summed E-state index contributed by atoms with van der Waals surface area (Å²) in [5.41, 5.74) is 1.22. The Labute approximate surface area is 86.1 Å². The van der Waals surface area contributed by atoms with Gasteiger partial charge in [0.2, 0.25) is 0 Å². The fourth-order valence-electron chi connectivity index (χ4n) is 1.48. The molecule has 1 aromatic rings. The molecule has 76 valence electrons. The highest BCUT2D eigenvalue weighted by Gasteiger charge is 2.15. The summed E-state index contributed by atoms with van der Waals surface area (Å²) >= 11 is 0. The summed E-state index contributed by atoms with van der Waals surface area (Å²) in [5, 5.41) is 0. The summed E-state index contributed by atoms with van der Waals surface area (Å²) in [6.45, 7) is 6.28. The van der Waals surface area contributed by atoms with Crippen molar-refractivity contribution in [2.45, 2.75) is 33.6 Å². The number of carbonyl (C=O) groups is 1. The molecule has 0 amide bonds. The first-order valence-corrected chi connectivity index (χ1v) is 5.03. The van der Waals surface area contributed by atoms with E-state index in [9.17, 15) is 4.79 Å². The molecule has 1 heteroatoms. The van der Waals surface area contributed by atoms with E-state index in [4.69, 9.17) is 0 Å². The molecule has 0 unspecified atom stereocenters. The molecule has 0 fully saturated rings. The van der Waals surface area contributed by atoms with Crippen molar-refractivity contribution in [1.82, 2.24) is 0 Å². The molecule has 0 aliphatic carbocycles. The molecule has 14 heavy (non-hydrogen) atoms. The lowest BCUT2D eigenvalue weighted by Crippen LogP contribution is -2.14. The maximum Gasteiger partial charge on any atom is 0.137 e. The Bertz CT molecular complexity index is 293. The molecule has 1 rings (SSSR count). The molecule has 0 aromatic heterocycles. The topological polar surface area (TPSA) is 17.1 Å². The van der Waals surface area contributed by atoms with Gasteiger partial charge in [-0.2, -0.15) is 0 Å². The van der Waals surface area contributed by atoms with E-state index < -0.39 is 0 Å². The third kappa shape index (κ3) is 4.22. The van der Waals surface area contributed by atoms with Gasteiger partial charge in [0.25, 0.3) is 0 Å². The van der Waals surface area contributed by atoms with Crippen LogP contribution in [0.5, 0.6) is 0 Å². The number of benzene rings is 1. The van der Waals surface area contributed by atoms with Crippen LogP contribution in [0.25, 0.3) is 0 Å². The quantitative estimate of drug-likeness (QED) is 0.715. The van der Waals surface area contributed by atoms with Crippen LogP contribution in [0.1, 0.15) is 32.8 Å². The maximum absolute atomic E-state index is 11.6. The van der Waals surface area contributed by atoms with Gasteiger partial charge < -0.3 is 0 Å². The van der Waals surface area contributed by atoms with Crippen LogP contribution in [-0.2, 0) is 11.2 Å². The zero-order chi connectivity index (χ0) is 10.6. The van der Waals surface area contributed by atoms with E-state index in [-0.39, 0.29) is 5.41 Å². The smallest absolute Gasteiger partial charge is 0.137 e. The fourth-order valence-corrected chi connectivity index (χ4v) is 1.48. The van der Waals surface area contributed by atoms with E-state index in [0.29, 0.717) is 18.6 Å². The second-order valence-electron chi connectivity index (χ2n) is 4.94. The monoisotopic (exact) mass is 190 g/mol. The molecule has 0 bridgehead atoms. The standard InChI is InChI=1S/C13H18O/c1-13(2,3)10-12(14)9-11-7-5-4-6-8-11/h4-8H,9-10H2,1-3H3. The van der Waals surface area contributed by atoms with Crippen LogP contribution in [0.2, 0.25) is 0 Å². The summed E-state index contributed by atoms with van der Waals surface area (Å²) in [7, 11) is 0. The van der Waals surface area contributed by atoms with Crippen LogP contribution in [0.4, 0.5) is 0 Å². The Balaban J connectivity index is 2.50. The second kappa shape index (κ2) is 4.41. The Morgan fingerprint density at radius 2 is 1.71 bits per heavy atom. The van der Waals surface area contributed by atoms with E-state index in [1.54, 1.807) is 0 Å². The zero-order valence-corrected chi connectivity index (χ0v) is 9.21. The predicted octanol–water partition coefficient (Wildman–Crippen LogP) is 3.23. The van der Waals surface area contributed by atoms with Gasteiger partial charge in [0, 0.05) is 12.8 Å². The van der Waals surface area contributed by atoms with Gasteiger partial charge in [-0.15, -0.1) is 0 Å².